The van der Waals surface area contributed by atoms with Crippen LogP contribution < -0.4 is 5.73 Å². The Labute approximate surface area is 75.9 Å². The molecule has 0 amide bonds. The molecule has 2 nitrogen and oxygen atoms in total. The lowest BCUT2D eigenvalue weighted by Crippen LogP contribution is -1.92. The maximum absolute atomic E-state index is 12.8. The molecule has 0 atom stereocenters. The summed E-state index contributed by atoms with van der Waals surface area (Å²) >= 11 is 0. The van der Waals surface area contributed by atoms with Crippen molar-refractivity contribution in [2.45, 2.75) is 0 Å². The third-order valence-corrected chi connectivity index (χ3v) is 1.59. The second-order valence-electron chi connectivity index (χ2n) is 2.54. The molecule has 0 spiro atoms. The number of carbonyl (C=O) groups excluding carboxylic acids is 1. The third-order valence-electron chi connectivity index (χ3n) is 1.59. The molecule has 68 valence electrons. The van der Waals surface area contributed by atoms with E-state index in [9.17, 15) is 9.18 Å². The first-order valence-corrected chi connectivity index (χ1v) is 3.89. The highest BCUT2D eigenvalue weighted by molar-refractivity contribution is 5.76. The van der Waals surface area contributed by atoms with E-state index in [1.54, 1.807) is 18.2 Å². The first kappa shape index (κ1) is 9.61. The van der Waals surface area contributed by atoms with Crippen LogP contribution in [0.25, 0.3) is 6.08 Å². The van der Waals surface area contributed by atoms with Crippen molar-refractivity contribution < 1.29 is 9.18 Å². The Hall–Kier alpha value is -1.48. The normalized spacial score (nSPS) is 10.6. The summed E-state index contributed by atoms with van der Waals surface area (Å²) in [4.78, 5) is 10.4. The number of aldehydes is 1. The Morgan fingerprint density at radius 2 is 2.23 bits per heavy atom. The van der Waals surface area contributed by atoms with Gasteiger partial charge in [-0.2, -0.15) is 0 Å². The molecule has 0 saturated carbocycles. The van der Waals surface area contributed by atoms with Crippen LogP contribution in [0, 0.1) is 5.82 Å². The summed E-state index contributed by atoms with van der Waals surface area (Å²) in [5.41, 5.74) is 6.09. The molecule has 0 saturated heterocycles. The lowest BCUT2D eigenvalue weighted by atomic mass is 10.1. The third kappa shape index (κ3) is 2.49. The number of benzene rings is 1. The largest absolute Gasteiger partial charge is 0.327 e. The first-order chi connectivity index (χ1) is 6.27. The van der Waals surface area contributed by atoms with Gasteiger partial charge in [-0.15, -0.1) is 0 Å². The first-order valence-electron chi connectivity index (χ1n) is 3.89. The van der Waals surface area contributed by atoms with E-state index in [4.69, 9.17) is 5.73 Å². The SMILES string of the molecule is NCC=Cc1ccc(F)c(C=O)c1. The summed E-state index contributed by atoms with van der Waals surface area (Å²) < 4.78 is 12.8. The molecule has 1 aromatic rings. The number of hydrogen-bond acceptors (Lipinski definition) is 2. The molecular formula is C10H10FNO. The van der Waals surface area contributed by atoms with Crippen molar-refractivity contribution in [2.75, 3.05) is 6.54 Å². The Kier molecular flexibility index (Phi) is 3.34. The molecule has 0 heterocycles. The van der Waals surface area contributed by atoms with Crippen molar-refractivity contribution in [1.82, 2.24) is 0 Å². The van der Waals surface area contributed by atoms with E-state index in [0.29, 0.717) is 12.8 Å². The van der Waals surface area contributed by atoms with Crippen molar-refractivity contribution in [3.8, 4) is 0 Å². The fraction of sp³-hybridized carbons (Fsp3) is 0.100. The van der Waals surface area contributed by atoms with E-state index in [1.165, 1.54) is 12.1 Å². The molecule has 2 N–H and O–H groups in total. The molecule has 1 aromatic carbocycles. The Balaban J connectivity index is 2.99. The van der Waals surface area contributed by atoms with E-state index >= 15 is 0 Å². The molecule has 3 heteroatoms. The van der Waals surface area contributed by atoms with Crippen LogP contribution in [0.5, 0.6) is 0 Å². The van der Waals surface area contributed by atoms with Crippen LogP contribution in [0.2, 0.25) is 0 Å². The molecule has 13 heavy (non-hydrogen) atoms. The van der Waals surface area contributed by atoms with Gasteiger partial charge in [-0.3, -0.25) is 4.79 Å². The Morgan fingerprint density at radius 3 is 2.85 bits per heavy atom. The standard InChI is InChI=1S/C10H10FNO/c11-10-4-3-8(2-1-5-12)6-9(10)7-13/h1-4,6-7H,5,12H2. The number of hydrogen-bond donors (Lipinski definition) is 1. The molecule has 0 aliphatic heterocycles. The summed E-state index contributed by atoms with van der Waals surface area (Å²) in [6.45, 7) is 0.424. The van der Waals surface area contributed by atoms with Gasteiger partial charge in [0.1, 0.15) is 5.82 Å². The van der Waals surface area contributed by atoms with Crippen molar-refractivity contribution >= 4 is 12.4 Å². The van der Waals surface area contributed by atoms with Gasteiger partial charge in [0.2, 0.25) is 0 Å². The van der Waals surface area contributed by atoms with Gasteiger partial charge in [-0.1, -0.05) is 18.2 Å². The van der Waals surface area contributed by atoms with Gasteiger partial charge < -0.3 is 5.73 Å². The minimum absolute atomic E-state index is 0.0687. The number of halogens is 1. The van der Waals surface area contributed by atoms with Crippen LogP contribution in [0.15, 0.2) is 24.3 Å². The van der Waals surface area contributed by atoms with Gasteiger partial charge in [0.25, 0.3) is 0 Å². The lowest BCUT2D eigenvalue weighted by Gasteiger charge is -1.96. The highest BCUT2D eigenvalue weighted by atomic mass is 19.1. The molecule has 1 rings (SSSR count). The van der Waals surface area contributed by atoms with Gasteiger partial charge in [0.15, 0.2) is 6.29 Å². The van der Waals surface area contributed by atoms with Crippen LogP contribution in [-0.2, 0) is 0 Å². The van der Waals surface area contributed by atoms with Crippen molar-refractivity contribution in [2.24, 2.45) is 5.73 Å². The molecule has 0 unspecified atom stereocenters. The zero-order valence-electron chi connectivity index (χ0n) is 7.03. The summed E-state index contributed by atoms with van der Waals surface area (Å²) in [6, 6.07) is 4.34. The van der Waals surface area contributed by atoms with Crippen molar-refractivity contribution in [3.63, 3.8) is 0 Å². The summed E-state index contributed by atoms with van der Waals surface area (Å²) in [7, 11) is 0. The van der Waals surface area contributed by atoms with Gasteiger partial charge in [0, 0.05) is 6.54 Å². The molecule has 0 bridgehead atoms. The summed E-state index contributed by atoms with van der Waals surface area (Å²) in [6.07, 6.45) is 3.98. The zero-order chi connectivity index (χ0) is 9.68. The summed E-state index contributed by atoms with van der Waals surface area (Å²) in [5.74, 6) is -0.500. The predicted molar refractivity (Wildman–Crippen MR) is 49.9 cm³/mol. The fourth-order valence-electron chi connectivity index (χ4n) is 0.960. The molecule has 0 aliphatic carbocycles. The van der Waals surface area contributed by atoms with Crippen LogP contribution >= 0.6 is 0 Å². The minimum atomic E-state index is -0.500. The average Bonchev–Trinajstić information content (AvgIpc) is 2.16. The zero-order valence-corrected chi connectivity index (χ0v) is 7.03. The van der Waals surface area contributed by atoms with Crippen LogP contribution in [0.1, 0.15) is 15.9 Å². The van der Waals surface area contributed by atoms with E-state index in [1.807, 2.05) is 0 Å². The average molecular weight is 179 g/mol. The maximum Gasteiger partial charge on any atom is 0.153 e. The van der Waals surface area contributed by atoms with Gasteiger partial charge in [-0.05, 0) is 17.7 Å². The van der Waals surface area contributed by atoms with Crippen LogP contribution in [-0.4, -0.2) is 12.8 Å². The fourth-order valence-corrected chi connectivity index (χ4v) is 0.960. The van der Waals surface area contributed by atoms with Gasteiger partial charge in [0.05, 0.1) is 5.56 Å². The summed E-state index contributed by atoms with van der Waals surface area (Å²) in [5, 5.41) is 0. The second kappa shape index (κ2) is 4.52. The van der Waals surface area contributed by atoms with Crippen molar-refractivity contribution in [1.29, 1.82) is 0 Å². The molecule has 0 aliphatic rings. The Bertz CT molecular complexity index is 334. The predicted octanol–water partition coefficient (Wildman–Crippen LogP) is 1.61. The van der Waals surface area contributed by atoms with E-state index in [2.05, 4.69) is 0 Å². The molecule has 0 radical (unpaired) electrons. The highest BCUT2D eigenvalue weighted by Gasteiger charge is 1.99. The topological polar surface area (TPSA) is 43.1 Å². The van der Waals surface area contributed by atoms with E-state index in [0.717, 1.165) is 5.56 Å². The monoisotopic (exact) mass is 179 g/mol. The second-order valence-corrected chi connectivity index (χ2v) is 2.54. The number of nitrogens with two attached hydrogens (primary N) is 1. The minimum Gasteiger partial charge on any atom is -0.327 e. The molecular weight excluding hydrogens is 169 g/mol. The molecule has 0 fully saturated rings. The van der Waals surface area contributed by atoms with Gasteiger partial charge >= 0.3 is 0 Å². The number of rotatable bonds is 3. The van der Waals surface area contributed by atoms with E-state index in [-0.39, 0.29) is 5.56 Å². The van der Waals surface area contributed by atoms with Gasteiger partial charge in [-0.25, -0.2) is 4.39 Å². The lowest BCUT2D eigenvalue weighted by molar-refractivity contribution is 0.112. The van der Waals surface area contributed by atoms with Crippen molar-refractivity contribution in [3.05, 3.63) is 41.2 Å². The highest BCUT2D eigenvalue weighted by Crippen LogP contribution is 2.09. The Morgan fingerprint density at radius 1 is 1.46 bits per heavy atom. The van der Waals surface area contributed by atoms with E-state index < -0.39 is 5.82 Å². The maximum atomic E-state index is 12.8. The number of carbonyl (C=O) groups is 1. The quantitative estimate of drug-likeness (QED) is 0.716. The smallest absolute Gasteiger partial charge is 0.153 e. The van der Waals surface area contributed by atoms with Crippen LogP contribution in [0.3, 0.4) is 0 Å². The van der Waals surface area contributed by atoms with Crippen LogP contribution in [0.4, 0.5) is 4.39 Å². The molecule has 0 aromatic heterocycles.